The summed E-state index contributed by atoms with van der Waals surface area (Å²) < 4.78 is 5.20. The van der Waals surface area contributed by atoms with E-state index in [0.29, 0.717) is 0 Å². The van der Waals surface area contributed by atoms with Gasteiger partial charge in [-0.15, -0.1) is 24.0 Å². The fourth-order valence-corrected chi connectivity index (χ4v) is 272. The van der Waals surface area contributed by atoms with E-state index in [1.165, 1.54) is 23.4 Å². The van der Waals surface area contributed by atoms with Crippen molar-refractivity contribution in [2.24, 2.45) is 7.05 Å². The van der Waals surface area contributed by atoms with Crippen LogP contribution in [0.15, 0.2) is 47.5 Å². The largest absolute Gasteiger partial charge is 0.248 e. The normalized spacial score (nSPS) is 8.09. The molecule has 0 radical (unpaired) electrons. The molecule has 1 heterocycles. The number of imidazole rings is 1. The van der Waals surface area contributed by atoms with Crippen molar-refractivity contribution < 1.29 is 4.57 Å². The van der Waals surface area contributed by atoms with Gasteiger partial charge in [0.05, 0.1) is 7.05 Å². The minimum atomic E-state index is 0. The van der Waals surface area contributed by atoms with E-state index in [4.69, 9.17) is 22.4 Å². The molecule has 0 aliphatic heterocycles. The minimum absolute atomic E-state index is 0. The Morgan fingerprint density at radius 1 is 0.190 bits per heavy atom. The van der Waals surface area contributed by atoms with Crippen molar-refractivity contribution in [1.82, 2.24) is 4.57 Å². The van der Waals surface area contributed by atoms with Crippen LogP contribution in [0.1, 0.15) is 0 Å². The lowest BCUT2D eigenvalue weighted by atomic mass is 10.3. The quantitative estimate of drug-likeness (QED) is 0.321. The van der Waals surface area contributed by atoms with E-state index >= 15 is 0 Å². The van der Waals surface area contributed by atoms with Crippen LogP contribution >= 0.6 is 39.9 Å². The van der Waals surface area contributed by atoms with Crippen LogP contribution in [0, 0.1) is 0 Å². The lowest BCUT2D eigenvalue weighted by molar-refractivity contribution is -0.670. The monoisotopic (exact) mass is 3630 g/mol. The Labute approximate surface area is 988 Å². The SMILES string of the molecule is C[n+]1ccn(-c2ccc(Br)cc2)c1.I.S=S=S=S=S=S=S=S=S=S=S=S=S=S=S=S=S=S=S=S=S=S=S=S=S=S=S=S=S=S=S=S=S=S=S=S=S=S=S=S=S=S=S=S=S=S=S=S=S=S=S=S=S=S=S=S=S=S=S=S=S=S=S=S=S=S=S=S=S=S=S=S=S=S=S=S=S=S=S=S=S=S=S=S=S=S=S=S=S=S=S=S=S=S=S=S=S=S=S=S=S=S. The summed E-state index contributed by atoms with van der Waals surface area (Å²) in [6.45, 7) is 0. The van der Waals surface area contributed by atoms with Crippen LogP contribution in [0.4, 0.5) is 0 Å². The summed E-state index contributed by atoms with van der Waals surface area (Å²) in [5.74, 6) is 0. The Morgan fingerprint density at radius 2 is 0.293 bits per heavy atom. The number of hydrogen-bond acceptors (Lipinski definition) is 2. The van der Waals surface area contributed by atoms with Gasteiger partial charge >= 0.3 is 0 Å². The molecule has 2 nitrogen and oxygen atoms in total. The van der Waals surface area contributed by atoms with Crippen LogP contribution in [0.3, 0.4) is 0 Å². The van der Waals surface area contributed by atoms with E-state index in [2.05, 4.69) is 32.6 Å². The predicted molar refractivity (Wildman–Crippen MR) is 821 cm³/mol. The van der Waals surface area contributed by atoms with Gasteiger partial charge in [-0.25, -0.2) is 9.13 Å². The zero-order valence-electron chi connectivity index (χ0n) is 49.4. The first kappa shape index (κ1) is 138. The third kappa shape index (κ3) is 120. The van der Waals surface area contributed by atoms with Gasteiger partial charge in [0, 0.05) is 915 Å². The van der Waals surface area contributed by atoms with E-state index in [-0.39, 0.29) is 24.0 Å². The molecule has 0 spiro atoms. The van der Waals surface area contributed by atoms with Crippen molar-refractivity contribution >= 4 is 950 Å². The third-order valence-corrected chi connectivity index (χ3v) is 225. The number of nitrogens with zero attached hydrogens (tertiary/aromatic N) is 2. The highest BCUT2D eigenvalue weighted by Crippen LogP contribution is 2.13. The predicted octanol–water partition coefficient (Wildman–Crippen LogP) is 2.44. The van der Waals surface area contributed by atoms with E-state index in [9.17, 15) is 0 Å². The molecule has 686 valence electrons. The van der Waals surface area contributed by atoms with Gasteiger partial charge in [-0.1, -0.05) is 15.9 Å². The van der Waals surface area contributed by atoms with Gasteiger partial charge in [-0.2, -0.15) is 0 Å². The van der Waals surface area contributed by atoms with Crippen molar-refractivity contribution in [1.29, 1.82) is 0 Å². The first-order valence-corrected chi connectivity index (χ1v) is 156. The summed E-state index contributed by atoms with van der Waals surface area (Å²) in [4.78, 5) is 0. The molecule has 1 aromatic carbocycles. The Morgan fingerprint density at radius 3 is 0.379 bits per heavy atom. The van der Waals surface area contributed by atoms with E-state index in [1.807, 2.05) is 806 Å². The topological polar surface area (TPSA) is 8.81 Å². The first-order chi connectivity index (χ1) is 57.2. The van der Waals surface area contributed by atoms with Crippen LogP contribution in [-0.2, 0) is 917 Å². The summed E-state index contributed by atoms with van der Waals surface area (Å²) in [6.07, 6.45) is 6.08. The average Bonchev–Trinajstić information content (AvgIpc) is 1.70. The summed E-state index contributed by atoms with van der Waals surface area (Å²) in [5.41, 5.74) is 1.17. The van der Waals surface area contributed by atoms with E-state index in [1.54, 1.807) is 107 Å². The Kier molecular flexibility index (Phi) is 152. The van der Waals surface area contributed by atoms with Gasteiger partial charge in [0.15, 0.2) is 0 Å². The smallest absolute Gasteiger partial charge is 0.239 e. The highest BCUT2D eigenvalue weighted by molar-refractivity contribution is 14.0. The lowest BCUT2D eigenvalue weighted by Gasteiger charge is -1.94. The van der Waals surface area contributed by atoms with Gasteiger partial charge in [0.25, 0.3) is 0 Å². The maximum atomic E-state index is 4.83. The Bertz CT molecular complexity index is 8570. The van der Waals surface area contributed by atoms with Crippen LogP contribution in [0.25, 0.3) is 5.69 Å². The molecule has 0 aliphatic carbocycles. The number of hydrogen-bond donors (Lipinski definition) is 0. The molecular formula is C10H11BrIN2S102+. The molecule has 0 fully saturated rings. The van der Waals surface area contributed by atoms with Gasteiger partial charge in [0.1, 0.15) is 18.1 Å². The van der Waals surface area contributed by atoms with E-state index < -0.39 is 0 Å². The molecule has 0 amide bonds. The zero-order valence-corrected chi connectivity index (χ0v) is 137. The molecule has 116 heavy (non-hydrogen) atoms. The van der Waals surface area contributed by atoms with Crippen LogP contribution < -0.4 is 4.57 Å². The van der Waals surface area contributed by atoms with Crippen LogP contribution in [-0.4, -0.2) is 4.57 Å². The number of rotatable bonds is 1. The van der Waals surface area contributed by atoms with Crippen LogP contribution in [0.2, 0.25) is 0 Å². The second kappa shape index (κ2) is 128. The standard InChI is InChI=1S/C10H10BrN2.HI.S102/c1-12-6-7-13(8-12)10-4-2-9(11)3-5-10;;1-3-5-7-9-11-13-15-17-19-21-23-25-27-29-31-33-35-37-39-41-43-45-47-49-51-53-55-57-59-61-63-65-67-69-71-73-75-77-79-81-83-85-87-89-91-93-95-97-99-101-102-100-98-96-94-92-90-88-86-84-82-80-78-76-74-72-70-68-66-64-62-60-58-56-54-52-50-48-46-44-42-40-38-36-34-32-30-28-26-24-22-20-18-16-14-12-10-8-6-4-2/h2-8H,1H3;1H;/q+1;;. The molecule has 1 aromatic heterocycles. The number of aryl methyl sites for hydroxylation is 1. The van der Waals surface area contributed by atoms with Crippen molar-refractivity contribution in [2.45, 2.75) is 0 Å². The first-order valence-electron chi connectivity index (χ1n) is 20.9. The van der Waals surface area contributed by atoms with Crippen molar-refractivity contribution in [3.63, 3.8) is 0 Å². The molecule has 0 aliphatic rings. The summed E-state index contributed by atoms with van der Waals surface area (Å²) in [7, 11) is 183. The fraction of sp³-hybridized carbons (Fsp3) is 0.100. The molecule has 0 saturated heterocycles. The summed E-state index contributed by atoms with van der Waals surface area (Å²) in [5, 5.41) is 0. The van der Waals surface area contributed by atoms with Gasteiger partial charge in [-0.3, -0.25) is 0 Å². The highest BCUT2D eigenvalue weighted by atomic mass is 127. The number of aromatic nitrogens is 2. The van der Waals surface area contributed by atoms with Crippen molar-refractivity contribution in [3.05, 3.63) is 47.5 Å². The van der Waals surface area contributed by atoms with Gasteiger partial charge in [0.2, 0.25) is 6.33 Å². The molecule has 2 rings (SSSR count). The van der Waals surface area contributed by atoms with Crippen LogP contribution in [0.5, 0.6) is 0 Å². The molecule has 0 saturated carbocycles. The molecule has 0 bridgehead atoms. The third-order valence-electron chi connectivity index (χ3n) is 4.64. The zero-order chi connectivity index (χ0) is 82.0. The molecule has 106 heteroatoms. The Hall–Kier alpha value is 22.1. The molecule has 0 atom stereocenters. The average molecular weight is 3640 g/mol. The number of benzene rings is 1. The lowest BCUT2D eigenvalue weighted by Crippen LogP contribution is -2.23. The minimum Gasteiger partial charge on any atom is -0.239 e. The Balaban J connectivity index is 0.00000845. The summed E-state index contributed by atoms with van der Waals surface area (Å²) in [6, 6.07) is 8.22. The van der Waals surface area contributed by atoms with Crippen molar-refractivity contribution in [2.75, 3.05) is 0 Å². The molecular weight excluding hydrogens is 3630 g/mol. The molecule has 2 aromatic rings. The molecule has 0 N–H and O–H groups in total. The highest BCUT2D eigenvalue weighted by Gasteiger charge is 2.02. The van der Waals surface area contributed by atoms with Gasteiger partial charge < -0.3 is 0 Å². The maximum absolute atomic E-state index is 4.83. The number of halogens is 2. The van der Waals surface area contributed by atoms with Crippen molar-refractivity contribution in [3.8, 4) is 5.69 Å². The van der Waals surface area contributed by atoms with Gasteiger partial charge in [-0.05, 0) is 24.3 Å². The van der Waals surface area contributed by atoms with E-state index in [0.717, 1.165) is 4.47 Å². The fourth-order valence-electron chi connectivity index (χ4n) is 2.33. The summed E-state index contributed by atoms with van der Waals surface area (Å²) >= 11 is 13.1. The second-order valence-corrected chi connectivity index (χ2v) is 188. The molecule has 0 unspecified atom stereocenters. The second-order valence-electron chi connectivity index (χ2n) is 9.77. The maximum Gasteiger partial charge on any atom is 0.248 e.